The van der Waals surface area contributed by atoms with E-state index in [0.29, 0.717) is 19.8 Å². The lowest BCUT2D eigenvalue weighted by Crippen LogP contribution is -2.60. The summed E-state index contributed by atoms with van der Waals surface area (Å²) >= 11 is 0. The van der Waals surface area contributed by atoms with Crippen LogP contribution in [0, 0.1) is 0 Å². The molecule has 0 spiro atoms. The van der Waals surface area contributed by atoms with E-state index in [-0.39, 0.29) is 13.2 Å². The summed E-state index contributed by atoms with van der Waals surface area (Å²) in [5.74, 6) is 0. The Kier molecular flexibility index (Phi) is 7.63. The zero-order chi connectivity index (χ0) is 23.2. The first-order valence-electron chi connectivity index (χ1n) is 11.6. The second-order valence-corrected chi connectivity index (χ2v) is 8.61. The molecule has 0 aromatic heterocycles. The minimum atomic E-state index is -1.66. The molecule has 3 unspecified atom stereocenters. The third kappa shape index (κ3) is 5.54. The van der Waals surface area contributed by atoms with Crippen molar-refractivity contribution in [2.75, 3.05) is 6.61 Å². The van der Waals surface area contributed by atoms with Crippen molar-refractivity contribution in [3.8, 4) is 0 Å². The van der Waals surface area contributed by atoms with Crippen molar-refractivity contribution in [2.24, 2.45) is 0 Å². The van der Waals surface area contributed by atoms with Gasteiger partial charge in [-0.1, -0.05) is 84.9 Å². The van der Waals surface area contributed by atoms with Crippen molar-refractivity contribution >= 4 is 0 Å². The van der Waals surface area contributed by atoms with E-state index in [1.165, 1.54) is 0 Å². The Bertz CT molecular complexity index is 1030. The van der Waals surface area contributed by atoms with Crippen LogP contribution in [0.1, 0.15) is 22.3 Å². The van der Waals surface area contributed by atoms with E-state index >= 15 is 4.39 Å². The van der Waals surface area contributed by atoms with Gasteiger partial charge in [-0.05, 0) is 22.3 Å². The van der Waals surface area contributed by atoms with Crippen LogP contribution in [0.4, 0.5) is 4.39 Å². The Morgan fingerprint density at radius 3 is 1.91 bits per heavy atom. The monoisotopic (exact) mass is 464 g/mol. The van der Waals surface area contributed by atoms with Crippen molar-refractivity contribution in [2.45, 2.75) is 57.2 Å². The van der Waals surface area contributed by atoms with Crippen LogP contribution < -0.4 is 0 Å². The second-order valence-electron chi connectivity index (χ2n) is 8.61. The van der Waals surface area contributed by atoms with Crippen molar-refractivity contribution in [1.29, 1.82) is 0 Å². The molecule has 0 radical (unpaired) electrons. The molecule has 0 N–H and O–H groups in total. The van der Waals surface area contributed by atoms with Gasteiger partial charge in [-0.15, -0.1) is 0 Å². The smallest absolute Gasteiger partial charge is 0.228 e. The molecule has 5 atom stereocenters. The van der Waals surface area contributed by atoms with Gasteiger partial charge >= 0.3 is 0 Å². The van der Waals surface area contributed by atoms with Crippen LogP contribution >= 0.6 is 0 Å². The highest BCUT2D eigenvalue weighted by Gasteiger charge is 2.49. The molecule has 3 aromatic carbocycles. The fourth-order valence-electron chi connectivity index (χ4n) is 4.41. The third-order valence-corrected chi connectivity index (χ3v) is 6.24. The van der Waals surface area contributed by atoms with Crippen LogP contribution in [0.2, 0.25) is 0 Å². The zero-order valence-electron chi connectivity index (χ0n) is 18.9. The van der Waals surface area contributed by atoms with Crippen LogP contribution in [0.5, 0.6) is 0 Å². The van der Waals surface area contributed by atoms with Gasteiger partial charge in [0.05, 0.1) is 33.0 Å². The number of rotatable bonds is 6. The van der Waals surface area contributed by atoms with Crippen molar-refractivity contribution in [3.63, 3.8) is 0 Å². The summed E-state index contributed by atoms with van der Waals surface area (Å²) in [4.78, 5) is 0. The summed E-state index contributed by atoms with van der Waals surface area (Å²) < 4.78 is 45.8. The SMILES string of the molecule is FC1OC2COCc3ccccc3COC([C@@H]1OCc1ccccc1)[C@@H]2OCc1ccccc1. The molecule has 3 aromatic rings. The fourth-order valence-corrected chi connectivity index (χ4v) is 4.41. The second kappa shape index (κ2) is 11.2. The maximum Gasteiger partial charge on any atom is 0.228 e. The van der Waals surface area contributed by atoms with E-state index in [4.69, 9.17) is 23.7 Å². The van der Waals surface area contributed by atoms with Crippen LogP contribution in [-0.2, 0) is 50.1 Å². The summed E-state index contributed by atoms with van der Waals surface area (Å²) in [5.41, 5.74) is 4.02. The van der Waals surface area contributed by atoms with Gasteiger partial charge in [0.15, 0.2) is 0 Å². The lowest BCUT2D eigenvalue weighted by Gasteiger charge is -2.44. The first-order chi connectivity index (χ1) is 16.8. The number of ether oxygens (including phenoxy) is 5. The molecular formula is C28H29FO5. The largest absolute Gasteiger partial charge is 0.374 e. The van der Waals surface area contributed by atoms with Gasteiger partial charge in [0, 0.05) is 0 Å². The first-order valence-corrected chi connectivity index (χ1v) is 11.6. The minimum absolute atomic E-state index is 0.194. The highest BCUT2D eigenvalue weighted by molar-refractivity contribution is 5.26. The standard InChI is InChI=1S/C28H29FO5/c29-28-27(32-16-21-11-5-2-6-12-21)26-25(31-15-20-9-3-1-4-10-20)24(34-28)19-30-17-22-13-7-8-14-23(22)18-33-26/h1-14,24-28H,15-19H2/t24?,25-,26?,27+,28?/m1/s1. The van der Waals surface area contributed by atoms with Crippen molar-refractivity contribution < 1.29 is 28.1 Å². The highest BCUT2D eigenvalue weighted by atomic mass is 19.1. The van der Waals surface area contributed by atoms with Crippen LogP contribution in [0.15, 0.2) is 84.9 Å². The molecule has 1 fully saturated rings. The number of benzene rings is 3. The molecular weight excluding hydrogens is 435 g/mol. The van der Waals surface area contributed by atoms with Crippen LogP contribution in [-0.4, -0.2) is 37.4 Å². The van der Waals surface area contributed by atoms with Gasteiger partial charge in [-0.25, -0.2) is 4.39 Å². The molecule has 1 saturated heterocycles. The Hall–Kier alpha value is -2.61. The Morgan fingerprint density at radius 1 is 0.706 bits per heavy atom. The Morgan fingerprint density at radius 2 is 1.26 bits per heavy atom. The maximum absolute atomic E-state index is 15.3. The quantitative estimate of drug-likeness (QED) is 0.516. The van der Waals surface area contributed by atoms with E-state index in [0.717, 1.165) is 22.3 Å². The molecule has 2 aliphatic rings. The van der Waals surface area contributed by atoms with E-state index in [1.54, 1.807) is 0 Å². The average molecular weight is 465 g/mol. The van der Waals surface area contributed by atoms with Gasteiger partial charge in [0.2, 0.25) is 6.36 Å². The zero-order valence-corrected chi connectivity index (χ0v) is 18.9. The first kappa shape index (κ1) is 23.1. The molecule has 34 heavy (non-hydrogen) atoms. The number of fused-ring (bicyclic) bond motifs is 3. The summed E-state index contributed by atoms with van der Waals surface area (Å²) in [5, 5.41) is 0. The molecule has 6 heteroatoms. The summed E-state index contributed by atoms with van der Waals surface area (Å²) in [6, 6.07) is 27.5. The predicted octanol–water partition coefficient (Wildman–Crippen LogP) is 4.97. The van der Waals surface area contributed by atoms with E-state index in [1.807, 2.05) is 84.9 Å². The number of alkyl halides is 1. The fraction of sp³-hybridized carbons (Fsp3) is 0.357. The van der Waals surface area contributed by atoms with Crippen LogP contribution in [0.3, 0.4) is 0 Å². The van der Waals surface area contributed by atoms with Gasteiger partial charge in [0.25, 0.3) is 0 Å². The molecule has 178 valence electrons. The van der Waals surface area contributed by atoms with Crippen molar-refractivity contribution in [1.82, 2.24) is 0 Å². The third-order valence-electron chi connectivity index (χ3n) is 6.24. The molecule has 2 aliphatic heterocycles. The molecule has 0 aliphatic carbocycles. The molecule has 0 saturated carbocycles. The number of halogens is 1. The highest BCUT2D eigenvalue weighted by Crippen LogP contribution is 2.32. The Labute approximate surface area is 199 Å². The summed E-state index contributed by atoms with van der Waals surface area (Å²) in [6.45, 7) is 1.50. The van der Waals surface area contributed by atoms with Gasteiger partial charge in [0.1, 0.15) is 24.4 Å². The van der Waals surface area contributed by atoms with E-state index < -0.39 is 30.8 Å². The Balaban J connectivity index is 1.40. The number of hydrogen-bond acceptors (Lipinski definition) is 5. The normalized spacial score (nSPS) is 27.0. The van der Waals surface area contributed by atoms with Crippen molar-refractivity contribution in [3.05, 3.63) is 107 Å². The number of hydrogen-bond donors (Lipinski definition) is 0. The molecule has 5 rings (SSSR count). The van der Waals surface area contributed by atoms with Gasteiger partial charge in [-0.3, -0.25) is 0 Å². The lowest BCUT2D eigenvalue weighted by atomic mass is 9.98. The topological polar surface area (TPSA) is 46.2 Å². The van der Waals surface area contributed by atoms with E-state index in [2.05, 4.69) is 0 Å². The average Bonchev–Trinajstić information content (AvgIpc) is 2.88. The lowest BCUT2D eigenvalue weighted by molar-refractivity contribution is -0.299. The molecule has 2 bridgehead atoms. The summed E-state index contributed by atoms with van der Waals surface area (Å²) in [7, 11) is 0. The minimum Gasteiger partial charge on any atom is -0.374 e. The van der Waals surface area contributed by atoms with Gasteiger partial charge in [-0.2, -0.15) is 0 Å². The van der Waals surface area contributed by atoms with Gasteiger partial charge < -0.3 is 23.7 Å². The predicted molar refractivity (Wildman–Crippen MR) is 124 cm³/mol. The maximum atomic E-state index is 15.3. The van der Waals surface area contributed by atoms with E-state index in [9.17, 15) is 0 Å². The van der Waals surface area contributed by atoms with Crippen LogP contribution in [0.25, 0.3) is 0 Å². The summed E-state index contributed by atoms with van der Waals surface area (Å²) in [6.07, 6.45) is -4.45. The molecule has 5 nitrogen and oxygen atoms in total. The molecule has 2 heterocycles. The molecule has 0 amide bonds.